The number of carbonyl (C=O) groups is 1. The molecule has 1 atom stereocenters. The van der Waals surface area contributed by atoms with Gasteiger partial charge in [0.2, 0.25) is 5.88 Å². The Morgan fingerprint density at radius 3 is 2.70 bits per heavy atom. The summed E-state index contributed by atoms with van der Waals surface area (Å²) in [5, 5.41) is 10.9. The van der Waals surface area contributed by atoms with Gasteiger partial charge < -0.3 is 29.7 Å². The second kappa shape index (κ2) is 11.7. The largest absolute Gasteiger partial charge is 0.475 e. The fourth-order valence-electron chi connectivity index (χ4n) is 4.30. The molecular formula is C24H28F4N4O4S. The minimum Gasteiger partial charge on any atom is -0.475 e. The van der Waals surface area contributed by atoms with Gasteiger partial charge in [-0.05, 0) is 60.0 Å². The number of nitrogens with zero attached hydrogens (tertiary/aromatic N) is 3. The van der Waals surface area contributed by atoms with Gasteiger partial charge in [0.05, 0.1) is 25.5 Å². The molecule has 0 spiro atoms. The van der Waals surface area contributed by atoms with Crippen molar-refractivity contribution in [1.82, 2.24) is 9.88 Å². The molecule has 1 aromatic carbocycles. The van der Waals surface area contributed by atoms with Crippen LogP contribution in [0, 0.1) is 12.7 Å². The zero-order valence-electron chi connectivity index (χ0n) is 20.2. The number of hydrogen-bond acceptors (Lipinski definition) is 7. The van der Waals surface area contributed by atoms with Gasteiger partial charge in [-0.1, -0.05) is 0 Å². The molecule has 2 aliphatic heterocycles. The van der Waals surface area contributed by atoms with Crippen LogP contribution in [-0.2, 0) is 4.74 Å². The molecule has 8 nitrogen and oxygen atoms in total. The van der Waals surface area contributed by atoms with Crippen LogP contribution in [0.4, 0.5) is 33.9 Å². The van der Waals surface area contributed by atoms with E-state index in [9.17, 15) is 22.4 Å². The maximum atomic E-state index is 14.8. The summed E-state index contributed by atoms with van der Waals surface area (Å²) in [6.07, 6.45) is 0.206. The first-order chi connectivity index (χ1) is 17.6. The minimum atomic E-state index is -4.38. The Hall–Kier alpha value is -2.77. The molecule has 37 heavy (non-hydrogen) atoms. The summed E-state index contributed by atoms with van der Waals surface area (Å²) >= 11 is -0.124. The molecule has 2 amide bonds. The lowest BCUT2D eigenvalue weighted by molar-refractivity contribution is -0.0333. The fraction of sp³-hybridized carbons (Fsp3) is 0.500. The van der Waals surface area contributed by atoms with Crippen LogP contribution < -0.4 is 15.0 Å². The summed E-state index contributed by atoms with van der Waals surface area (Å²) in [5.74, 6) is 0.259. The van der Waals surface area contributed by atoms with Crippen LogP contribution in [0.5, 0.6) is 5.88 Å². The number of ether oxygens (including phenoxy) is 2. The number of aromatic nitrogens is 1. The summed E-state index contributed by atoms with van der Waals surface area (Å²) < 4.78 is 63.9. The lowest BCUT2D eigenvalue weighted by atomic mass is 10.00. The molecule has 0 radical (unpaired) electrons. The molecule has 2 saturated heterocycles. The van der Waals surface area contributed by atoms with Gasteiger partial charge in [0.25, 0.3) is 0 Å². The number of thioether (sulfide) groups is 1. The Morgan fingerprint density at radius 2 is 2.00 bits per heavy atom. The van der Waals surface area contributed by atoms with Crippen LogP contribution in [-0.4, -0.2) is 84.4 Å². The van der Waals surface area contributed by atoms with Gasteiger partial charge in [-0.25, -0.2) is 9.18 Å². The van der Waals surface area contributed by atoms with Crippen molar-refractivity contribution in [3.05, 3.63) is 35.6 Å². The molecule has 0 aliphatic carbocycles. The molecule has 1 aromatic heterocycles. The van der Waals surface area contributed by atoms with Gasteiger partial charge >= 0.3 is 11.5 Å². The Bertz CT molecular complexity index is 1110. The van der Waals surface area contributed by atoms with Gasteiger partial charge in [0.15, 0.2) is 0 Å². The quantitative estimate of drug-likeness (QED) is 0.504. The number of benzene rings is 1. The lowest BCUT2D eigenvalue weighted by Gasteiger charge is -2.28. The molecule has 0 unspecified atom stereocenters. The van der Waals surface area contributed by atoms with Gasteiger partial charge in [0.1, 0.15) is 18.2 Å². The normalized spacial score (nSPS) is 18.3. The predicted molar refractivity (Wildman–Crippen MR) is 133 cm³/mol. The first-order valence-corrected chi connectivity index (χ1v) is 12.7. The number of nitrogens with one attached hydrogen (secondary N) is 1. The number of halogens is 4. The minimum absolute atomic E-state index is 0.0478. The van der Waals surface area contributed by atoms with Gasteiger partial charge in [-0.2, -0.15) is 18.2 Å². The van der Waals surface area contributed by atoms with E-state index in [0.717, 1.165) is 0 Å². The van der Waals surface area contributed by atoms with Crippen LogP contribution in [0.1, 0.15) is 12.0 Å². The average Bonchev–Trinajstić information content (AvgIpc) is 3.31. The zero-order valence-corrected chi connectivity index (χ0v) is 21.0. The summed E-state index contributed by atoms with van der Waals surface area (Å²) in [4.78, 5) is 20.5. The third kappa shape index (κ3) is 7.17. The maximum Gasteiger partial charge on any atom is 0.442 e. The highest BCUT2D eigenvalue weighted by molar-refractivity contribution is 8.00. The Morgan fingerprint density at radius 1 is 1.24 bits per heavy atom. The molecule has 3 heterocycles. The number of likely N-dealkylation sites (tertiary alicyclic amines) is 1. The molecule has 2 N–H and O–H groups in total. The zero-order chi connectivity index (χ0) is 26.6. The highest BCUT2D eigenvalue weighted by Crippen LogP contribution is 2.38. The standard InChI is InChI=1S/C24H28F4N4O4S/c1-15-10-19(25)20(29-23(34)32-3-2-17(14-32)37-24(26,27)28)13-18(15)16-11-21(31-4-7-35-8-5-31)30-22(12-16)36-9-6-33/h10-13,17,33H,2-9,14H2,1H3,(H,29,34)/t17-/m0/s1. The first-order valence-electron chi connectivity index (χ1n) is 11.8. The van der Waals surface area contributed by atoms with Gasteiger partial charge in [-0.3, -0.25) is 0 Å². The van der Waals surface area contributed by atoms with Crippen LogP contribution in [0.2, 0.25) is 0 Å². The Labute approximate surface area is 215 Å². The molecule has 2 aliphatic rings. The second-order valence-electron chi connectivity index (χ2n) is 8.72. The van der Waals surface area contributed by atoms with E-state index in [4.69, 9.17) is 14.6 Å². The Kier molecular flexibility index (Phi) is 8.65. The predicted octanol–water partition coefficient (Wildman–Crippen LogP) is 4.26. The summed E-state index contributed by atoms with van der Waals surface area (Å²) in [7, 11) is 0. The number of carbonyl (C=O) groups excluding carboxylic acids is 1. The fourth-order valence-corrected chi connectivity index (χ4v) is 5.15. The van der Waals surface area contributed by atoms with Crippen LogP contribution >= 0.6 is 11.8 Å². The molecule has 2 aromatic rings. The van der Waals surface area contributed by atoms with Crippen LogP contribution in [0.3, 0.4) is 0 Å². The lowest BCUT2D eigenvalue weighted by Crippen LogP contribution is -2.36. The number of urea groups is 1. The third-order valence-electron chi connectivity index (χ3n) is 6.06. The number of aryl methyl sites for hydroxylation is 1. The summed E-state index contributed by atoms with van der Waals surface area (Å²) in [6, 6.07) is 5.64. The van der Waals surface area contributed by atoms with E-state index >= 15 is 0 Å². The van der Waals surface area contributed by atoms with E-state index in [1.54, 1.807) is 13.0 Å². The van der Waals surface area contributed by atoms with E-state index < -0.39 is 22.6 Å². The van der Waals surface area contributed by atoms with Crippen molar-refractivity contribution in [1.29, 1.82) is 0 Å². The molecule has 2 fully saturated rings. The average molecular weight is 545 g/mol. The van der Waals surface area contributed by atoms with Crippen molar-refractivity contribution >= 4 is 29.3 Å². The number of hydrogen-bond donors (Lipinski definition) is 2. The number of anilines is 2. The summed E-state index contributed by atoms with van der Waals surface area (Å²) in [5.41, 5.74) is -2.57. The van der Waals surface area contributed by atoms with E-state index in [1.807, 2.05) is 11.0 Å². The SMILES string of the molecule is Cc1cc(F)c(NC(=O)N2CC[C@H](SC(F)(F)F)C2)cc1-c1cc(OCCO)nc(N2CCOCC2)c1. The summed E-state index contributed by atoms with van der Waals surface area (Å²) in [6.45, 7) is 4.01. The van der Waals surface area contributed by atoms with Crippen molar-refractivity contribution in [3.8, 4) is 17.0 Å². The molecule has 202 valence electrons. The van der Waals surface area contributed by atoms with E-state index in [2.05, 4.69) is 10.3 Å². The van der Waals surface area contributed by atoms with Gasteiger partial charge in [-0.15, -0.1) is 0 Å². The number of alkyl halides is 3. The number of amides is 2. The maximum absolute atomic E-state index is 14.8. The smallest absolute Gasteiger partial charge is 0.442 e. The molecule has 4 rings (SSSR count). The van der Waals surface area contributed by atoms with Crippen LogP contribution in [0.25, 0.3) is 11.1 Å². The monoisotopic (exact) mass is 544 g/mol. The molecule has 0 bridgehead atoms. The highest BCUT2D eigenvalue weighted by atomic mass is 32.2. The second-order valence-corrected chi connectivity index (χ2v) is 10.1. The number of pyridine rings is 1. The van der Waals surface area contributed by atoms with Gasteiger partial charge in [0, 0.05) is 37.5 Å². The topological polar surface area (TPSA) is 87.2 Å². The third-order valence-corrected chi connectivity index (χ3v) is 7.05. The van der Waals surface area contributed by atoms with Crippen molar-refractivity contribution < 1.29 is 36.9 Å². The molecule has 13 heteroatoms. The molecular weight excluding hydrogens is 516 g/mol. The van der Waals surface area contributed by atoms with E-state index in [-0.39, 0.29) is 56.1 Å². The number of rotatable bonds is 7. The van der Waals surface area contributed by atoms with Crippen LogP contribution in [0.15, 0.2) is 24.3 Å². The number of morpholine rings is 1. The highest BCUT2D eigenvalue weighted by Gasteiger charge is 2.37. The van der Waals surface area contributed by atoms with Crippen molar-refractivity contribution in [2.75, 3.05) is 62.8 Å². The number of aliphatic hydroxyl groups excluding tert-OH is 1. The van der Waals surface area contributed by atoms with E-state index in [0.29, 0.717) is 48.8 Å². The number of aliphatic hydroxyl groups is 1. The van der Waals surface area contributed by atoms with Crippen molar-refractivity contribution in [3.63, 3.8) is 0 Å². The van der Waals surface area contributed by atoms with Crippen molar-refractivity contribution in [2.24, 2.45) is 0 Å². The van der Waals surface area contributed by atoms with Crippen molar-refractivity contribution in [2.45, 2.75) is 24.1 Å². The first kappa shape index (κ1) is 27.3. The Balaban J connectivity index is 1.58. The van der Waals surface area contributed by atoms with E-state index in [1.165, 1.54) is 17.0 Å². The molecule has 0 saturated carbocycles.